The molecule has 0 aliphatic carbocycles. The lowest BCUT2D eigenvalue weighted by Gasteiger charge is -2.13. The Morgan fingerprint density at radius 1 is 1.26 bits per heavy atom. The van der Waals surface area contributed by atoms with Gasteiger partial charge >= 0.3 is 0 Å². The van der Waals surface area contributed by atoms with Crippen LogP contribution >= 0.6 is 0 Å². The Morgan fingerprint density at radius 3 is 2.68 bits per heavy atom. The molecule has 0 bridgehead atoms. The predicted octanol–water partition coefficient (Wildman–Crippen LogP) is 1.98. The molecule has 0 spiro atoms. The third-order valence-electron chi connectivity index (χ3n) is 2.69. The minimum Gasteiger partial charge on any atom is -0.481 e. The number of hydrogen-bond donors (Lipinski definition) is 1. The van der Waals surface area contributed by atoms with Gasteiger partial charge in [-0.3, -0.25) is 9.78 Å². The van der Waals surface area contributed by atoms with Crippen LogP contribution in [0.15, 0.2) is 42.7 Å². The zero-order valence-electron chi connectivity index (χ0n) is 10.8. The first-order chi connectivity index (χ1) is 9.20. The van der Waals surface area contributed by atoms with Gasteiger partial charge in [-0.1, -0.05) is 6.07 Å². The van der Waals surface area contributed by atoms with E-state index in [0.717, 1.165) is 5.69 Å². The van der Waals surface area contributed by atoms with Gasteiger partial charge < -0.3 is 10.1 Å². The number of rotatable bonds is 4. The zero-order chi connectivity index (χ0) is 13.7. The Hall–Kier alpha value is -2.43. The number of carbonyl (C=O) groups is 1. The highest BCUT2D eigenvalue weighted by molar-refractivity contribution is 5.94. The lowest BCUT2D eigenvalue weighted by molar-refractivity contribution is 0.0938. The van der Waals surface area contributed by atoms with Crippen molar-refractivity contribution in [3.8, 4) is 5.88 Å². The molecular formula is C14H15N3O2. The summed E-state index contributed by atoms with van der Waals surface area (Å²) in [5, 5.41) is 2.87. The molecule has 1 N–H and O–H groups in total. The molecule has 0 aliphatic rings. The number of nitrogens with one attached hydrogen (secondary N) is 1. The number of ether oxygens (including phenoxy) is 1. The third kappa shape index (κ3) is 3.28. The van der Waals surface area contributed by atoms with Crippen molar-refractivity contribution in [1.29, 1.82) is 0 Å². The van der Waals surface area contributed by atoms with Gasteiger partial charge in [-0.05, 0) is 25.1 Å². The highest BCUT2D eigenvalue weighted by atomic mass is 16.5. The molecule has 0 fully saturated rings. The number of methoxy groups -OCH3 is 1. The molecule has 2 heterocycles. The van der Waals surface area contributed by atoms with Crippen molar-refractivity contribution in [3.05, 3.63) is 54.0 Å². The van der Waals surface area contributed by atoms with Gasteiger partial charge in [0.25, 0.3) is 5.91 Å². The Labute approximate surface area is 111 Å². The Bertz CT molecular complexity index is 540. The van der Waals surface area contributed by atoms with Gasteiger partial charge in [0, 0.05) is 18.5 Å². The normalized spacial score (nSPS) is 11.7. The Kier molecular flexibility index (Phi) is 4.07. The average Bonchev–Trinajstić information content (AvgIpc) is 2.48. The quantitative estimate of drug-likeness (QED) is 0.909. The number of pyridine rings is 2. The van der Waals surface area contributed by atoms with Gasteiger partial charge in [0.15, 0.2) is 0 Å². The molecular weight excluding hydrogens is 242 g/mol. The van der Waals surface area contributed by atoms with Gasteiger partial charge in [-0.2, -0.15) is 0 Å². The highest BCUT2D eigenvalue weighted by Gasteiger charge is 2.12. The van der Waals surface area contributed by atoms with Crippen LogP contribution in [0.3, 0.4) is 0 Å². The summed E-state index contributed by atoms with van der Waals surface area (Å²) in [4.78, 5) is 20.2. The summed E-state index contributed by atoms with van der Waals surface area (Å²) >= 11 is 0. The van der Waals surface area contributed by atoms with E-state index >= 15 is 0 Å². The van der Waals surface area contributed by atoms with E-state index in [0.29, 0.717) is 11.4 Å². The SMILES string of the molecule is COc1ccc(C(=O)NC(C)c2ccccn2)cn1. The summed E-state index contributed by atoms with van der Waals surface area (Å²) < 4.78 is 4.95. The molecule has 0 aromatic carbocycles. The number of carbonyl (C=O) groups excluding carboxylic acids is 1. The van der Waals surface area contributed by atoms with Gasteiger partial charge in [0.05, 0.1) is 24.4 Å². The fourth-order valence-electron chi connectivity index (χ4n) is 1.62. The van der Waals surface area contributed by atoms with Crippen LogP contribution in [-0.2, 0) is 0 Å². The molecule has 0 saturated heterocycles. The topological polar surface area (TPSA) is 64.1 Å². The smallest absolute Gasteiger partial charge is 0.253 e. The van der Waals surface area contributed by atoms with E-state index in [9.17, 15) is 4.79 Å². The molecule has 2 aromatic rings. The number of amides is 1. The van der Waals surface area contributed by atoms with Crippen LogP contribution in [0, 0.1) is 0 Å². The molecule has 1 atom stereocenters. The van der Waals surface area contributed by atoms with Gasteiger partial charge in [0.1, 0.15) is 0 Å². The molecule has 19 heavy (non-hydrogen) atoms. The molecule has 1 amide bonds. The van der Waals surface area contributed by atoms with Crippen molar-refractivity contribution in [2.75, 3.05) is 7.11 Å². The van der Waals surface area contributed by atoms with Crippen molar-refractivity contribution in [1.82, 2.24) is 15.3 Å². The van der Waals surface area contributed by atoms with E-state index in [2.05, 4.69) is 15.3 Å². The molecule has 2 rings (SSSR count). The molecule has 0 radical (unpaired) electrons. The van der Waals surface area contributed by atoms with Gasteiger partial charge in [-0.25, -0.2) is 4.98 Å². The predicted molar refractivity (Wildman–Crippen MR) is 70.9 cm³/mol. The third-order valence-corrected chi connectivity index (χ3v) is 2.69. The lowest BCUT2D eigenvalue weighted by atomic mass is 10.2. The molecule has 5 nitrogen and oxygen atoms in total. The van der Waals surface area contributed by atoms with Gasteiger partial charge in [0.2, 0.25) is 5.88 Å². The van der Waals surface area contributed by atoms with Crippen molar-refractivity contribution in [2.45, 2.75) is 13.0 Å². The second-order valence-corrected chi connectivity index (χ2v) is 4.04. The largest absolute Gasteiger partial charge is 0.481 e. The van der Waals surface area contributed by atoms with Crippen molar-refractivity contribution < 1.29 is 9.53 Å². The highest BCUT2D eigenvalue weighted by Crippen LogP contribution is 2.11. The molecule has 0 aliphatic heterocycles. The van der Waals surface area contributed by atoms with Crippen LogP contribution in [0.4, 0.5) is 0 Å². The number of aromatic nitrogens is 2. The van der Waals surface area contributed by atoms with Crippen LogP contribution in [-0.4, -0.2) is 23.0 Å². The maximum absolute atomic E-state index is 12.0. The average molecular weight is 257 g/mol. The van der Waals surface area contributed by atoms with Crippen LogP contribution in [0.25, 0.3) is 0 Å². The lowest BCUT2D eigenvalue weighted by Crippen LogP contribution is -2.27. The molecule has 2 aromatic heterocycles. The minimum absolute atomic E-state index is 0.157. The van der Waals surface area contributed by atoms with E-state index in [1.165, 1.54) is 13.3 Å². The Morgan fingerprint density at radius 2 is 2.11 bits per heavy atom. The van der Waals surface area contributed by atoms with Crippen molar-refractivity contribution in [3.63, 3.8) is 0 Å². The maximum atomic E-state index is 12.0. The monoisotopic (exact) mass is 257 g/mol. The maximum Gasteiger partial charge on any atom is 0.253 e. The summed E-state index contributed by atoms with van der Waals surface area (Å²) in [5.74, 6) is 0.294. The first kappa shape index (κ1) is 13.0. The first-order valence-electron chi connectivity index (χ1n) is 5.92. The molecule has 1 unspecified atom stereocenters. The van der Waals surface area contributed by atoms with E-state index in [1.54, 1.807) is 18.3 Å². The summed E-state index contributed by atoms with van der Waals surface area (Å²) in [6.45, 7) is 1.89. The second-order valence-electron chi connectivity index (χ2n) is 4.04. The summed E-state index contributed by atoms with van der Waals surface area (Å²) in [6, 6.07) is 8.77. The minimum atomic E-state index is -0.187. The van der Waals surface area contributed by atoms with Crippen LogP contribution in [0.5, 0.6) is 5.88 Å². The molecule has 5 heteroatoms. The van der Waals surface area contributed by atoms with Crippen molar-refractivity contribution in [2.24, 2.45) is 0 Å². The fraction of sp³-hybridized carbons (Fsp3) is 0.214. The van der Waals surface area contributed by atoms with Gasteiger partial charge in [-0.15, -0.1) is 0 Å². The molecule has 0 saturated carbocycles. The fourth-order valence-corrected chi connectivity index (χ4v) is 1.62. The van der Waals surface area contributed by atoms with Crippen LogP contribution < -0.4 is 10.1 Å². The number of nitrogens with zero attached hydrogens (tertiary/aromatic N) is 2. The van der Waals surface area contributed by atoms with E-state index in [1.807, 2.05) is 25.1 Å². The van der Waals surface area contributed by atoms with Crippen molar-refractivity contribution >= 4 is 5.91 Å². The molecule has 98 valence electrons. The number of hydrogen-bond acceptors (Lipinski definition) is 4. The first-order valence-corrected chi connectivity index (χ1v) is 5.92. The van der Waals surface area contributed by atoms with E-state index in [-0.39, 0.29) is 11.9 Å². The Balaban J connectivity index is 2.04. The van der Waals surface area contributed by atoms with E-state index < -0.39 is 0 Å². The zero-order valence-corrected chi connectivity index (χ0v) is 10.8. The second kappa shape index (κ2) is 5.95. The van der Waals surface area contributed by atoms with Crippen LogP contribution in [0.1, 0.15) is 29.0 Å². The summed E-state index contributed by atoms with van der Waals surface area (Å²) in [7, 11) is 1.53. The van der Waals surface area contributed by atoms with E-state index in [4.69, 9.17) is 4.74 Å². The summed E-state index contributed by atoms with van der Waals surface area (Å²) in [6.07, 6.45) is 3.19. The summed E-state index contributed by atoms with van der Waals surface area (Å²) in [5.41, 5.74) is 1.31. The van der Waals surface area contributed by atoms with Crippen LogP contribution in [0.2, 0.25) is 0 Å². The standard InChI is InChI=1S/C14H15N3O2/c1-10(12-5-3-4-8-15-12)17-14(18)11-6-7-13(19-2)16-9-11/h3-10H,1-2H3,(H,17,18).